The van der Waals surface area contributed by atoms with Crippen LogP contribution in [0.25, 0.3) is 11.2 Å². The zero-order valence-electron chi connectivity index (χ0n) is 14.2. The number of nitrogens with zero attached hydrogens (tertiary/aromatic N) is 4. The Bertz CT molecular complexity index is 1060. The van der Waals surface area contributed by atoms with Crippen LogP contribution in [0.5, 0.6) is 0 Å². The Morgan fingerprint density at radius 2 is 1.88 bits per heavy atom. The van der Waals surface area contributed by atoms with Crippen LogP contribution in [0.2, 0.25) is 5.02 Å². The predicted octanol–water partition coefficient (Wildman–Crippen LogP) is 2.35. The molecule has 0 saturated heterocycles. The molecule has 0 fully saturated rings. The van der Waals surface area contributed by atoms with E-state index in [0.717, 1.165) is 11.4 Å². The van der Waals surface area contributed by atoms with Gasteiger partial charge in [0.2, 0.25) is 0 Å². The van der Waals surface area contributed by atoms with E-state index < -0.39 is 5.69 Å². The van der Waals surface area contributed by atoms with Gasteiger partial charge in [0.05, 0.1) is 6.54 Å². The van der Waals surface area contributed by atoms with Gasteiger partial charge in [0.25, 0.3) is 5.56 Å². The summed E-state index contributed by atoms with van der Waals surface area (Å²) in [4.78, 5) is 30.3. The normalized spacial score (nSPS) is 11.2. The standard InChI is InChI=1S/C18H19ClN4O2/c1-4-10-22-16-15(21(3)14(5-2)20-16)17(24)23(18(22)25)11-12-6-8-13(19)9-7-12/h4,6-9H,1,5,10-11H2,2-3H3. The zero-order valence-corrected chi connectivity index (χ0v) is 15.0. The predicted molar refractivity (Wildman–Crippen MR) is 99.4 cm³/mol. The van der Waals surface area contributed by atoms with Crippen LogP contribution in [0.1, 0.15) is 18.3 Å². The van der Waals surface area contributed by atoms with Crippen LogP contribution in [0.4, 0.5) is 0 Å². The van der Waals surface area contributed by atoms with Crippen molar-refractivity contribution >= 4 is 22.8 Å². The molecular weight excluding hydrogens is 340 g/mol. The summed E-state index contributed by atoms with van der Waals surface area (Å²) in [6, 6.07) is 7.08. The lowest BCUT2D eigenvalue weighted by molar-refractivity contribution is 0.635. The smallest absolute Gasteiger partial charge is 0.325 e. The first-order chi connectivity index (χ1) is 12.0. The van der Waals surface area contributed by atoms with Crippen LogP contribution >= 0.6 is 11.6 Å². The number of aromatic nitrogens is 4. The average molecular weight is 359 g/mol. The molecule has 0 aliphatic carbocycles. The Labute approximate surface area is 149 Å². The van der Waals surface area contributed by atoms with Crippen molar-refractivity contribution < 1.29 is 0 Å². The topological polar surface area (TPSA) is 61.8 Å². The van der Waals surface area contributed by atoms with Crippen molar-refractivity contribution in [1.82, 2.24) is 18.7 Å². The van der Waals surface area contributed by atoms with Crippen LogP contribution in [0.3, 0.4) is 0 Å². The van der Waals surface area contributed by atoms with Gasteiger partial charge in [-0.25, -0.2) is 9.78 Å². The van der Waals surface area contributed by atoms with Gasteiger partial charge in [0.15, 0.2) is 11.2 Å². The highest BCUT2D eigenvalue weighted by Crippen LogP contribution is 2.12. The van der Waals surface area contributed by atoms with Crippen molar-refractivity contribution in [2.75, 3.05) is 0 Å². The van der Waals surface area contributed by atoms with Crippen molar-refractivity contribution in [3.05, 3.63) is 74.2 Å². The number of rotatable bonds is 5. The van der Waals surface area contributed by atoms with E-state index in [1.165, 1.54) is 9.13 Å². The highest BCUT2D eigenvalue weighted by atomic mass is 35.5. The number of hydrogen-bond acceptors (Lipinski definition) is 3. The van der Waals surface area contributed by atoms with E-state index in [1.807, 2.05) is 6.92 Å². The van der Waals surface area contributed by atoms with Crippen molar-refractivity contribution in [3.63, 3.8) is 0 Å². The minimum Gasteiger partial charge on any atom is -0.325 e. The Balaban J connectivity index is 2.29. The minimum atomic E-state index is -0.395. The number of imidazole rings is 1. The summed E-state index contributed by atoms with van der Waals surface area (Å²) in [6.07, 6.45) is 2.29. The summed E-state index contributed by atoms with van der Waals surface area (Å²) in [5, 5.41) is 0.606. The molecule has 2 aromatic heterocycles. The number of halogens is 1. The van der Waals surface area contributed by atoms with E-state index >= 15 is 0 Å². The summed E-state index contributed by atoms with van der Waals surface area (Å²) < 4.78 is 4.48. The maximum atomic E-state index is 13.0. The number of benzene rings is 1. The number of fused-ring (bicyclic) bond motifs is 1. The lowest BCUT2D eigenvalue weighted by atomic mass is 10.2. The van der Waals surface area contributed by atoms with Gasteiger partial charge in [0.1, 0.15) is 5.82 Å². The van der Waals surface area contributed by atoms with Gasteiger partial charge < -0.3 is 4.57 Å². The summed E-state index contributed by atoms with van der Waals surface area (Å²) in [5.74, 6) is 0.758. The molecule has 3 aromatic rings. The zero-order chi connectivity index (χ0) is 18.1. The first kappa shape index (κ1) is 17.2. The molecule has 0 spiro atoms. The second kappa shape index (κ2) is 6.72. The summed E-state index contributed by atoms with van der Waals surface area (Å²) in [6.45, 7) is 6.13. The molecule has 25 heavy (non-hydrogen) atoms. The van der Waals surface area contributed by atoms with Gasteiger partial charge in [-0.1, -0.05) is 36.7 Å². The lowest BCUT2D eigenvalue weighted by Gasteiger charge is -2.10. The minimum absolute atomic E-state index is 0.175. The fraction of sp³-hybridized carbons (Fsp3) is 0.278. The van der Waals surface area contributed by atoms with Gasteiger partial charge in [-0.3, -0.25) is 13.9 Å². The van der Waals surface area contributed by atoms with Crippen LogP contribution in [-0.4, -0.2) is 18.7 Å². The molecule has 6 nitrogen and oxygen atoms in total. The highest BCUT2D eigenvalue weighted by molar-refractivity contribution is 6.30. The molecule has 130 valence electrons. The number of allylic oxidation sites excluding steroid dienone is 1. The quantitative estimate of drug-likeness (QED) is 0.658. The second-order valence-corrected chi connectivity index (χ2v) is 6.25. The van der Waals surface area contributed by atoms with E-state index in [-0.39, 0.29) is 18.6 Å². The summed E-state index contributed by atoms with van der Waals surface area (Å²) >= 11 is 5.90. The summed E-state index contributed by atoms with van der Waals surface area (Å²) in [5.41, 5.74) is 0.915. The molecule has 7 heteroatoms. The van der Waals surface area contributed by atoms with Gasteiger partial charge in [-0.2, -0.15) is 0 Å². The van der Waals surface area contributed by atoms with E-state index in [0.29, 0.717) is 22.6 Å². The lowest BCUT2D eigenvalue weighted by Crippen LogP contribution is -2.40. The van der Waals surface area contributed by atoms with Gasteiger partial charge in [-0.05, 0) is 17.7 Å². The fourth-order valence-corrected chi connectivity index (χ4v) is 3.06. The molecule has 0 amide bonds. The number of hydrogen-bond donors (Lipinski definition) is 0. The first-order valence-electron chi connectivity index (χ1n) is 8.02. The molecule has 3 rings (SSSR count). The Hall–Kier alpha value is -2.60. The Morgan fingerprint density at radius 3 is 2.48 bits per heavy atom. The molecule has 0 unspecified atom stereocenters. The third kappa shape index (κ3) is 2.93. The number of aryl methyl sites for hydroxylation is 2. The maximum absolute atomic E-state index is 13.0. The molecule has 0 aliphatic rings. The van der Waals surface area contributed by atoms with Crippen LogP contribution in [0.15, 0.2) is 46.5 Å². The second-order valence-electron chi connectivity index (χ2n) is 5.81. The van der Waals surface area contributed by atoms with E-state index in [9.17, 15) is 9.59 Å². The SMILES string of the molecule is C=CCn1c(=O)n(Cc2ccc(Cl)cc2)c(=O)c2c1nc(CC)n2C. The largest absolute Gasteiger partial charge is 0.333 e. The van der Waals surface area contributed by atoms with E-state index in [2.05, 4.69) is 11.6 Å². The van der Waals surface area contributed by atoms with Crippen LogP contribution in [-0.2, 0) is 26.6 Å². The monoisotopic (exact) mass is 358 g/mol. The van der Waals surface area contributed by atoms with Gasteiger partial charge >= 0.3 is 5.69 Å². The van der Waals surface area contributed by atoms with Gasteiger partial charge in [-0.15, -0.1) is 6.58 Å². The molecule has 0 N–H and O–H groups in total. The van der Waals surface area contributed by atoms with Crippen LogP contribution in [0, 0.1) is 0 Å². The summed E-state index contributed by atoms with van der Waals surface area (Å²) in [7, 11) is 1.80. The Kier molecular flexibility index (Phi) is 4.63. The van der Waals surface area contributed by atoms with Crippen molar-refractivity contribution in [3.8, 4) is 0 Å². The van der Waals surface area contributed by atoms with E-state index in [4.69, 9.17) is 11.6 Å². The molecule has 1 aromatic carbocycles. The third-order valence-corrected chi connectivity index (χ3v) is 4.47. The molecule has 2 heterocycles. The highest BCUT2D eigenvalue weighted by Gasteiger charge is 2.19. The molecule has 0 saturated carbocycles. The van der Waals surface area contributed by atoms with Crippen molar-refractivity contribution in [2.24, 2.45) is 7.05 Å². The molecule has 0 bridgehead atoms. The van der Waals surface area contributed by atoms with Crippen molar-refractivity contribution in [1.29, 1.82) is 0 Å². The van der Waals surface area contributed by atoms with Gasteiger partial charge in [0, 0.05) is 25.0 Å². The Morgan fingerprint density at radius 1 is 1.20 bits per heavy atom. The average Bonchev–Trinajstić information content (AvgIpc) is 2.94. The molecule has 0 radical (unpaired) electrons. The molecule has 0 atom stereocenters. The fourth-order valence-electron chi connectivity index (χ4n) is 2.93. The first-order valence-corrected chi connectivity index (χ1v) is 8.40. The van der Waals surface area contributed by atoms with Crippen LogP contribution < -0.4 is 11.2 Å². The third-order valence-electron chi connectivity index (χ3n) is 4.22. The van der Waals surface area contributed by atoms with E-state index in [1.54, 1.807) is 42.0 Å². The molecular formula is C18H19ClN4O2. The maximum Gasteiger partial charge on any atom is 0.333 e. The molecule has 0 aliphatic heterocycles. The van der Waals surface area contributed by atoms with Crippen molar-refractivity contribution in [2.45, 2.75) is 26.4 Å².